The van der Waals surface area contributed by atoms with Crippen LogP contribution in [-0.4, -0.2) is 131 Å². The third kappa shape index (κ3) is 7.54. The van der Waals surface area contributed by atoms with Crippen molar-refractivity contribution in [3.63, 3.8) is 0 Å². The van der Waals surface area contributed by atoms with Gasteiger partial charge in [0, 0.05) is 65.8 Å². The Balaban J connectivity index is 1.14. The van der Waals surface area contributed by atoms with Gasteiger partial charge in [-0.2, -0.15) is 5.10 Å². The Labute approximate surface area is 254 Å². The highest BCUT2D eigenvalue weighted by molar-refractivity contribution is 5.87. The molecule has 0 unspecified atom stereocenters. The largest absolute Gasteiger partial charge is 0.494 e. The molecule has 2 aromatic heterocycles. The van der Waals surface area contributed by atoms with Gasteiger partial charge in [0.15, 0.2) is 5.65 Å². The molecule has 0 aliphatic carbocycles. The van der Waals surface area contributed by atoms with Crippen molar-refractivity contribution in [1.82, 2.24) is 39.3 Å². The number of amides is 3. The first-order chi connectivity index (χ1) is 20.8. The molecule has 4 heterocycles. The number of likely N-dealkylation sites (tertiary alicyclic amines) is 1. The summed E-state index contributed by atoms with van der Waals surface area (Å²) in [6.07, 6.45) is 5.29. The van der Waals surface area contributed by atoms with Gasteiger partial charge in [0.05, 0.1) is 24.7 Å². The Bertz CT molecular complexity index is 1380. The lowest BCUT2D eigenvalue weighted by Crippen LogP contribution is -2.54. The normalized spacial score (nSPS) is 16.3. The van der Waals surface area contributed by atoms with Gasteiger partial charge in [-0.05, 0) is 57.5 Å². The van der Waals surface area contributed by atoms with Gasteiger partial charge in [-0.25, -0.2) is 19.4 Å². The first-order valence-electron chi connectivity index (χ1n) is 15.4. The average Bonchev–Trinajstić information content (AvgIpc) is 3.42. The van der Waals surface area contributed by atoms with Gasteiger partial charge in [-0.15, -0.1) is 0 Å². The average molecular weight is 592 g/mol. The molecule has 0 spiro atoms. The number of likely N-dealkylation sites (N-methyl/N-ethyl adjacent to an activating group) is 1. The smallest absolute Gasteiger partial charge is 0.320 e. The molecule has 3 aromatic rings. The summed E-state index contributed by atoms with van der Waals surface area (Å²) in [5, 5.41) is 5.54. The lowest BCUT2D eigenvalue weighted by molar-refractivity contribution is -0.129. The van der Waals surface area contributed by atoms with Crippen LogP contribution in [0.4, 0.5) is 10.6 Å². The maximum Gasteiger partial charge on any atom is 0.320 e. The summed E-state index contributed by atoms with van der Waals surface area (Å²) in [5.74, 6) is 2.26. The van der Waals surface area contributed by atoms with Crippen LogP contribution in [0.5, 0.6) is 5.75 Å². The third-order valence-corrected chi connectivity index (χ3v) is 8.43. The van der Waals surface area contributed by atoms with E-state index in [0.717, 1.165) is 73.7 Å². The van der Waals surface area contributed by atoms with Gasteiger partial charge in [-0.1, -0.05) is 12.1 Å². The highest BCUT2D eigenvalue weighted by atomic mass is 16.5. The van der Waals surface area contributed by atoms with Crippen molar-refractivity contribution in [2.24, 2.45) is 5.92 Å². The van der Waals surface area contributed by atoms with Gasteiger partial charge < -0.3 is 29.2 Å². The summed E-state index contributed by atoms with van der Waals surface area (Å²) in [4.78, 5) is 44.9. The number of benzene rings is 1. The maximum atomic E-state index is 13.4. The molecule has 12 nitrogen and oxygen atoms in total. The molecule has 0 saturated carbocycles. The van der Waals surface area contributed by atoms with Crippen molar-refractivity contribution in [3.8, 4) is 5.75 Å². The fourth-order valence-corrected chi connectivity index (χ4v) is 5.95. The number of urea groups is 1. The van der Waals surface area contributed by atoms with Gasteiger partial charge in [0.25, 0.3) is 0 Å². The van der Waals surface area contributed by atoms with Crippen molar-refractivity contribution in [3.05, 3.63) is 42.4 Å². The molecule has 232 valence electrons. The Hall–Kier alpha value is -3.93. The van der Waals surface area contributed by atoms with Crippen molar-refractivity contribution in [1.29, 1.82) is 0 Å². The molecule has 0 N–H and O–H groups in total. The van der Waals surface area contributed by atoms with E-state index >= 15 is 0 Å². The van der Waals surface area contributed by atoms with Crippen LogP contribution in [0, 0.1) is 5.92 Å². The minimum absolute atomic E-state index is 0.115. The van der Waals surface area contributed by atoms with Crippen LogP contribution in [0.25, 0.3) is 11.0 Å². The van der Waals surface area contributed by atoms with Crippen LogP contribution in [0.1, 0.15) is 32.3 Å². The van der Waals surface area contributed by atoms with Gasteiger partial charge in [0.2, 0.25) is 5.91 Å². The second-order valence-electron chi connectivity index (χ2n) is 11.8. The van der Waals surface area contributed by atoms with E-state index in [0.29, 0.717) is 45.2 Å². The predicted molar refractivity (Wildman–Crippen MR) is 166 cm³/mol. The molecule has 1 aromatic carbocycles. The van der Waals surface area contributed by atoms with Gasteiger partial charge in [0.1, 0.15) is 17.9 Å². The molecule has 2 aliphatic rings. The van der Waals surface area contributed by atoms with E-state index in [1.54, 1.807) is 13.3 Å². The van der Waals surface area contributed by atoms with Gasteiger partial charge in [-0.3, -0.25) is 4.79 Å². The molecule has 12 heteroatoms. The molecule has 0 radical (unpaired) electrons. The summed E-state index contributed by atoms with van der Waals surface area (Å²) in [6, 6.07) is 8.16. The quantitative estimate of drug-likeness (QED) is 0.355. The van der Waals surface area contributed by atoms with Crippen molar-refractivity contribution in [2.75, 3.05) is 84.5 Å². The molecular weight excluding hydrogens is 546 g/mol. The lowest BCUT2D eigenvalue weighted by atomic mass is 9.96. The Morgan fingerprint density at radius 3 is 2.44 bits per heavy atom. The van der Waals surface area contributed by atoms with Crippen LogP contribution in [-0.2, 0) is 11.3 Å². The van der Waals surface area contributed by atoms with E-state index in [9.17, 15) is 9.59 Å². The molecule has 3 amide bonds. The minimum Gasteiger partial charge on any atom is -0.494 e. The number of fused-ring (bicyclic) bond motifs is 1. The van der Waals surface area contributed by atoms with Crippen LogP contribution in [0.2, 0.25) is 0 Å². The van der Waals surface area contributed by atoms with Crippen LogP contribution in [0.15, 0.2) is 36.8 Å². The Kier molecular flexibility index (Phi) is 9.96. The molecule has 43 heavy (non-hydrogen) atoms. The third-order valence-electron chi connectivity index (χ3n) is 8.43. The van der Waals surface area contributed by atoms with E-state index in [-0.39, 0.29) is 11.9 Å². The predicted octanol–water partition coefficient (Wildman–Crippen LogP) is 2.64. The number of carbonyl (C=O) groups excluding carboxylic acids is 2. The molecular formula is C31H45N9O3. The second-order valence-corrected chi connectivity index (χ2v) is 11.8. The molecule has 2 fully saturated rings. The number of carbonyl (C=O) groups is 2. The summed E-state index contributed by atoms with van der Waals surface area (Å²) >= 11 is 0. The number of piperazine rings is 1. The zero-order valence-corrected chi connectivity index (χ0v) is 26.0. The summed E-state index contributed by atoms with van der Waals surface area (Å²) in [6.45, 7) is 11.4. The number of piperidine rings is 1. The van der Waals surface area contributed by atoms with E-state index < -0.39 is 0 Å². The Morgan fingerprint density at radius 2 is 1.74 bits per heavy atom. The molecule has 2 aliphatic heterocycles. The molecule has 5 rings (SSSR count). The second kappa shape index (κ2) is 14.0. The van der Waals surface area contributed by atoms with Gasteiger partial charge >= 0.3 is 6.03 Å². The summed E-state index contributed by atoms with van der Waals surface area (Å²) < 4.78 is 7.55. The number of hydrogen-bond acceptors (Lipinski definition) is 8. The van der Waals surface area contributed by atoms with Crippen molar-refractivity contribution >= 4 is 28.8 Å². The number of nitrogens with zero attached hydrogens (tertiary/aromatic N) is 9. The zero-order chi connectivity index (χ0) is 30.3. The van der Waals surface area contributed by atoms with E-state index in [1.165, 1.54) is 0 Å². The maximum absolute atomic E-state index is 13.4. The number of aromatic nitrogens is 4. The van der Waals surface area contributed by atoms with Crippen LogP contribution < -0.4 is 9.64 Å². The topological polar surface area (TPSA) is 103 Å². The lowest BCUT2D eigenvalue weighted by Gasteiger charge is -2.40. The number of hydrogen-bond donors (Lipinski definition) is 0. The summed E-state index contributed by atoms with van der Waals surface area (Å²) in [5.41, 5.74) is 1.88. The highest BCUT2D eigenvalue weighted by Crippen LogP contribution is 2.26. The van der Waals surface area contributed by atoms with Crippen LogP contribution in [0.3, 0.4) is 0 Å². The minimum atomic E-state index is 0.115. The molecule has 0 atom stereocenters. The van der Waals surface area contributed by atoms with E-state index in [2.05, 4.69) is 30.9 Å². The number of rotatable bonds is 10. The fraction of sp³-hybridized carbons (Fsp3) is 0.581. The standard InChI is InChI=1S/C31H45N9O3/c1-5-43-27-8-6-7-26(19-27)22-40-30-28(20-34-40)29(32-23-33-30)36-15-17-38(18-16-36)31(42)37-11-9-25(10-12-37)21-39(24(2)41)14-13-35(3)4/h6-8,19-20,23,25H,5,9-18,21-22H2,1-4H3. The van der Waals surface area contributed by atoms with E-state index in [4.69, 9.17) is 4.74 Å². The fourth-order valence-electron chi connectivity index (χ4n) is 5.95. The van der Waals surface area contributed by atoms with Crippen molar-refractivity contribution < 1.29 is 14.3 Å². The first-order valence-corrected chi connectivity index (χ1v) is 15.4. The van der Waals surface area contributed by atoms with Crippen molar-refractivity contribution in [2.45, 2.75) is 33.2 Å². The number of anilines is 1. The zero-order valence-electron chi connectivity index (χ0n) is 26.0. The molecule has 0 bridgehead atoms. The van der Waals surface area contributed by atoms with Crippen LogP contribution >= 0.6 is 0 Å². The number of ether oxygens (including phenoxy) is 1. The first kappa shape index (κ1) is 30.5. The Morgan fingerprint density at radius 1 is 1.00 bits per heavy atom. The highest BCUT2D eigenvalue weighted by Gasteiger charge is 2.30. The molecule has 2 saturated heterocycles. The summed E-state index contributed by atoms with van der Waals surface area (Å²) in [7, 11) is 4.05. The monoisotopic (exact) mass is 591 g/mol. The van der Waals surface area contributed by atoms with E-state index in [1.807, 2.05) is 64.8 Å². The SMILES string of the molecule is CCOc1cccc(Cn2ncc3c(N4CCN(C(=O)N5CCC(CN(CCN(C)C)C(C)=O)CC5)CC4)ncnc32)c1.